The van der Waals surface area contributed by atoms with Crippen molar-refractivity contribution < 1.29 is 14.6 Å². The molecule has 0 aromatic heterocycles. The van der Waals surface area contributed by atoms with E-state index in [-0.39, 0.29) is 12.1 Å². The van der Waals surface area contributed by atoms with Gasteiger partial charge in [0, 0.05) is 6.42 Å². The minimum atomic E-state index is -0.0775. The van der Waals surface area contributed by atoms with Gasteiger partial charge in [0.15, 0.2) is 0 Å². The molecule has 0 rings (SSSR count). The summed E-state index contributed by atoms with van der Waals surface area (Å²) in [6.07, 6.45) is 33.1. The van der Waals surface area contributed by atoms with Crippen molar-refractivity contribution in [1.29, 1.82) is 0 Å². The minimum absolute atomic E-state index is 0.00123. The zero-order valence-electron chi connectivity index (χ0n) is 24.1. The summed E-state index contributed by atoms with van der Waals surface area (Å²) in [7, 11) is 0. The number of unbranched alkanes of at least 4 members (excludes halogenated alkanes) is 21. The third kappa shape index (κ3) is 29.5. The summed E-state index contributed by atoms with van der Waals surface area (Å²) in [4.78, 5) is 11.9. The first-order chi connectivity index (χ1) is 17.2. The van der Waals surface area contributed by atoms with E-state index in [1.54, 1.807) is 0 Å². The lowest BCUT2D eigenvalue weighted by Gasteiger charge is -2.10. The standard InChI is InChI=1S/C32H64O3/c1-3-5-7-9-10-11-12-13-16-19-22-26-30-35-32(34)29-25-21-18-15-14-17-20-24-28-31(33)27-23-8-6-4-2/h31,33H,3-30H2,1-2H3. The minimum Gasteiger partial charge on any atom is -0.466 e. The molecule has 0 fully saturated rings. The van der Waals surface area contributed by atoms with Gasteiger partial charge in [-0.05, 0) is 25.7 Å². The summed E-state index contributed by atoms with van der Waals surface area (Å²) in [6.45, 7) is 5.12. The number of ether oxygens (including phenoxy) is 1. The van der Waals surface area contributed by atoms with E-state index in [1.807, 2.05) is 0 Å². The van der Waals surface area contributed by atoms with E-state index < -0.39 is 0 Å². The first kappa shape index (κ1) is 34.4. The Bertz CT molecular complexity index is 410. The number of aliphatic hydroxyl groups is 1. The van der Waals surface area contributed by atoms with Crippen molar-refractivity contribution in [2.24, 2.45) is 0 Å². The number of hydrogen-bond donors (Lipinski definition) is 1. The molecule has 1 N–H and O–H groups in total. The lowest BCUT2D eigenvalue weighted by Crippen LogP contribution is -2.06. The molecule has 0 saturated heterocycles. The van der Waals surface area contributed by atoms with Gasteiger partial charge in [0.25, 0.3) is 0 Å². The molecule has 0 aliphatic carbocycles. The summed E-state index contributed by atoms with van der Waals surface area (Å²) in [5, 5.41) is 10.0. The molecule has 0 aliphatic rings. The lowest BCUT2D eigenvalue weighted by atomic mass is 10.0. The molecule has 0 spiro atoms. The quantitative estimate of drug-likeness (QED) is 0.0827. The second-order valence-electron chi connectivity index (χ2n) is 11.0. The number of hydrogen-bond acceptors (Lipinski definition) is 3. The van der Waals surface area contributed by atoms with E-state index >= 15 is 0 Å². The van der Waals surface area contributed by atoms with E-state index in [1.165, 1.54) is 135 Å². The molecule has 0 aromatic rings. The molecule has 3 heteroatoms. The molecule has 210 valence electrons. The van der Waals surface area contributed by atoms with Crippen molar-refractivity contribution in [2.45, 2.75) is 193 Å². The van der Waals surface area contributed by atoms with Crippen molar-refractivity contribution in [2.75, 3.05) is 6.61 Å². The van der Waals surface area contributed by atoms with Crippen LogP contribution in [0.4, 0.5) is 0 Å². The van der Waals surface area contributed by atoms with Crippen LogP contribution in [0.1, 0.15) is 187 Å². The highest BCUT2D eigenvalue weighted by Gasteiger charge is 2.04. The molecule has 1 atom stereocenters. The fourth-order valence-corrected chi connectivity index (χ4v) is 4.86. The van der Waals surface area contributed by atoms with Gasteiger partial charge in [-0.2, -0.15) is 0 Å². The first-order valence-corrected chi connectivity index (χ1v) is 16.0. The fourth-order valence-electron chi connectivity index (χ4n) is 4.86. The van der Waals surface area contributed by atoms with Crippen LogP contribution in [-0.2, 0) is 9.53 Å². The largest absolute Gasteiger partial charge is 0.466 e. The average molecular weight is 497 g/mol. The normalized spacial score (nSPS) is 12.2. The predicted molar refractivity (Wildman–Crippen MR) is 153 cm³/mol. The molecule has 1 unspecified atom stereocenters. The first-order valence-electron chi connectivity index (χ1n) is 16.0. The highest BCUT2D eigenvalue weighted by molar-refractivity contribution is 5.69. The molecule has 3 nitrogen and oxygen atoms in total. The van der Waals surface area contributed by atoms with Crippen LogP contribution in [0.2, 0.25) is 0 Å². The van der Waals surface area contributed by atoms with Crippen molar-refractivity contribution >= 4 is 5.97 Å². The van der Waals surface area contributed by atoms with Crippen LogP contribution in [0.5, 0.6) is 0 Å². The SMILES string of the molecule is CCCCCCCCCCCCCCOC(=O)CCCCCCCCCCC(O)CCCCCC. The van der Waals surface area contributed by atoms with Gasteiger partial charge in [0.05, 0.1) is 12.7 Å². The van der Waals surface area contributed by atoms with Gasteiger partial charge in [-0.1, -0.05) is 155 Å². The van der Waals surface area contributed by atoms with Crippen molar-refractivity contribution in [3.05, 3.63) is 0 Å². The topological polar surface area (TPSA) is 46.5 Å². The fraction of sp³-hybridized carbons (Fsp3) is 0.969. The third-order valence-corrected chi connectivity index (χ3v) is 7.32. The van der Waals surface area contributed by atoms with Gasteiger partial charge in [-0.15, -0.1) is 0 Å². The molecular formula is C32H64O3. The molecular weight excluding hydrogens is 432 g/mol. The van der Waals surface area contributed by atoms with Crippen LogP contribution >= 0.6 is 0 Å². The Labute approximate surface area is 220 Å². The number of rotatable bonds is 29. The van der Waals surface area contributed by atoms with Gasteiger partial charge >= 0.3 is 5.97 Å². The van der Waals surface area contributed by atoms with E-state index in [2.05, 4.69) is 13.8 Å². The Kier molecular flexibility index (Phi) is 29.2. The smallest absolute Gasteiger partial charge is 0.305 e. The Morgan fingerprint density at radius 2 is 0.857 bits per heavy atom. The van der Waals surface area contributed by atoms with E-state index in [9.17, 15) is 9.90 Å². The summed E-state index contributed by atoms with van der Waals surface area (Å²) >= 11 is 0. The molecule has 0 aromatic carbocycles. The summed E-state index contributed by atoms with van der Waals surface area (Å²) in [6, 6.07) is 0. The second-order valence-corrected chi connectivity index (χ2v) is 11.0. The number of esters is 1. The zero-order valence-corrected chi connectivity index (χ0v) is 24.1. The molecule has 0 heterocycles. The maximum Gasteiger partial charge on any atom is 0.305 e. The number of aliphatic hydroxyl groups excluding tert-OH is 1. The Hall–Kier alpha value is -0.570. The van der Waals surface area contributed by atoms with Gasteiger partial charge in [-0.3, -0.25) is 4.79 Å². The van der Waals surface area contributed by atoms with Gasteiger partial charge in [-0.25, -0.2) is 0 Å². The highest BCUT2D eigenvalue weighted by atomic mass is 16.5. The van der Waals surface area contributed by atoms with Crippen molar-refractivity contribution in [1.82, 2.24) is 0 Å². The van der Waals surface area contributed by atoms with E-state index in [0.29, 0.717) is 13.0 Å². The van der Waals surface area contributed by atoms with Gasteiger partial charge < -0.3 is 9.84 Å². The molecule has 0 saturated carbocycles. The third-order valence-electron chi connectivity index (χ3n) is 7.32. The van der Waals surface area contributed by atoms with Crippen molar-refractivity contribution in [3.8, 4) is 0 Å². The lowest BCUT2D eigenvalue weighted by molar-refractivity contribution is -0.143. The summed E-state index contributed by atoms with van der Waals surface area (Å²) in [5.41, 5.74) is 0. The summed E-state index contributed by atoms with van der Waals surface area (Å²) in [5.74, 6) is 0.00123. The number of carbonyl (C=O) groups excluding carboxylic acids is 1. The van der Waals surface area contributed by atoms with Gasteiger partial charge in [0.2, 0.25) is 0 Å². The summed E-state index contributed by atoms with van der Waals surface area (Å²) < 4.78 is 5.40. The van der Waals surface area contributed by atoms with Crippen LogP contribution in [-0.4, -0.2) is 23.8 Å². The molecule has 0 aliphatic heterocycles. The van der Waals surface area contributed by atoms with Crippen molar-refractivity contribution in [3.63, 3.8) is 0 Å². The Balaban J connectivity index is 3.21. The van der Waals surface area contributed by atoms with Crippen LogP contribution in [0.15, 0.2) is 0 Å². The van der Waals surface area contributed by atoms with E-state index in [4.69, 9.17) is 4.74 Å². The van der Waals surface area contributed by atoms with Crippen LogP contribution in [0, 0.1) is 0 Å². The average Bonchev–Trinajstić information content (AvgIpc) is 2.85. The zero-order chi connectivity index (χ0) is 25.7. The predicted octanol–water partition coefficient (Wildman–Crippen LogP) is 10.5. The molecule has 0 radical (unpaired) electrons. The van der Waals surface area contributed by atoms with Gasteiger partial charge in [0.1, 0.15) is 0 Å². The monoisotopic (exact) mass is 496 g/mol. The van der Waals surface area contributed by atoms with Crippen LogP contribution < -0.4 is 0 Å². The molecule has 0 bridgehead atoms. The Morgan fingerprint density at radius 1 is 0.514 bits per heavy atom. The maximum absolute atomic E-state index is 11.9. The Morgan fingerprint density at radius 3 is 1.31 bits per heavy atom. The van der Waals surface area contributed by atoms with Crippen LogP contribution in [0.3, 0.4) is 0 Å². The van der Waals surface area contributed by atoms with Crippen LogP contribution in [0.25, 0.3) is 0 Å². The second kappa shape index (κ2) is 29.7. The van der Waals surface area contributed by atoms with E-state index in [0.717, 1.165) is 32.1 Å². The highest BCUT2D eigenvalue weighted by Crippen LogP contribution is 2.15. The molecule has 35 heavy (non-hydrogen) atoms. The number of carbonyl (C=O) groups is 1. The molecule has 0 amide bonds. The maximum atomic E-state index is 11.9.